The average molecular weight is 466 g/mol. The first-order valence-corrected chi connectivity index (χ1v) is 11.6. The lowest BCUT2D eigenvalue weighted by atomic mass is 10.1. The molecule has 1 aliphatic heterocycles. The molecule has 0 aliphatic carbocycles. The maximum atomic E-state index is 13.3. The minimum absolute atomic E-state index is 0.111. The van der Waals surface area contributed by atoms with Crippen LogP contribution in [0, 0.1) is 0 Å². The summed E-state index contributed by atoms with van der Waals surface area (Å²) >= 11 is 0. The third-order valence-corrected chi connectivity index (χ3v) is 5.90. The summed E-state index contributed by atoms with van der Waals surface area (Å²) in [5.41, 5.74) is 1.65. The molecule has 8 heteroatoms. The maximum absolute atomic E-state index is 13.3. The Hall–Kier alpha value is -3.68. The SMILES string of the molecule is CCNC(=O)[C@H](CC)N(Cc1ccc(OC)cc1)C(=O)CCCN1C(=O)c2ccccc2C1=O. The molecule has 3 rings (SSSR count). The number of amides is 4. The number of carbonyl (C=O) groups excluding carboxylic acids is 4. The van der Waals surface area contributed by atoms with Crippen molar-refractivity contribution in [1.29, 1.82) is 0 Å². The normalized spacial score (nSPS) is 13.4. The zero-order chi connectivity index (χ0) is 24.7. The second-order valence-corrected chi connectivity index (χ2v) is 8.10. The van der Waals surface area contributed by atoms with Crippen LogP contribution in [-0.2, 0) is 16.1 Å². The van der Waals surface area contributed by atoms with Gasteiger partial charge in [0.2, 0.25) is 11.8 Å². The van der Waals surface area contributed by atoms with Crippen LogP contribution in [0.25, 0.3) is 0 Å². The lowest BCUT2D eigenvalue weighted by Gasteiger charge is -2.31. The van der Waals surface area contributed by atoms with Gasteiger partial charge in [-0.25, -0.2) is 0 Å². The fraction of sp³-hybridized carbons (Fsp3) is 0.385. The highest BCUT2D eigenvalue weighted by Gasteiger charge is 2.35. The lowest BCUT2D eigenvalue weighted by molar-refractivity contribution is -0.141. The van der Waals surface area contributed by atoms with E-state index in [0.29, 0.717) is 36.3 Å². The zero-order valence-corrected chi connectivity index (χ0v) is 19.9. The van der Waals surface area contributed by atoms with Gasteiger partial charge in [0, 0.05) is 26.1 Å². The van der Waals surface area contributed by atoms with E-state index in [0.717, 1.165) is 5.56 Å². The number of rotatable bonds is 11. The number of fused-ring (bicyclic) bond motifs is 1. The van der Waals surface area contributed by atoms with Crippen LogP contribution in [0.3, 0.4) is 0 Å². The summed E-state index contributed by atoms with van der Waals surface area (Å²) in [6.45, 7) is 4.59. The Morgan fingerprint density at radius 2 is 1.62 bits per heavy atom. The van der Waals surface area contributed by atoms with Crippen LogP contribution in [0.15, 0.2) is 48.5 Å². The molecule has 0 radical (unpaired) electrons. The first kappa shape index (κ1) is 25.0. The molecule has 1 N–H and O–H groups in total. The van der Waals surface area contributed by atoms with Gasteiger partial charge in [-0.1, -0.05) is 31.2 Å². The minimum Gasteiger partial charge on any atom is -0.497 e. The first-order chi connectivity index (χ1) is 16.4. The van der Waals surface area contributed by atoms with E-state index in [4.69, 9.17) is 4.74 Å². The summed E-state index contributed by atoms with van der Waals surface area (Å²) in [6, 6.07) is 13.4. The Morgan fingerprint density at radius 1 is 1.00 bits per heavy atom. The van der Waals surface area contributed by atoms with E-state index in [9.17, 15) is 19.2 Å². The van der Waals surface area contributed by atoms with Crippen molar-refractivity contribution in [2.24, 2.45) is 0 Å². The largest absolute Gasteiger partial charge is 0.497 e. The second kappa shape index (κ2) is 11.4. The molecule has 0 fully saturated rings. The predicted octanol–water partition coefficient (Wildman–Crippen LogP) is 3.01. The van der Waals surface area contributed by atoms with Gasteiger partial charge in [-0.3, -0.25) is 24.1 Å². The minimum atomic E-state index is -0.617. The molecule has 180 valence electrons. The van der Waals surface area contributed by atoms with Crippen molar-refractivity contribution in [2.45, 2.75) is 45.7 Å². The number of likely N-dealkylation sites (N-methyl/N-ethyl adjacent to an activating group) is 1. The number of hydrogen-bond acceptors (Lipinski definition) is 5. The Balaban J connectivity index is 1.69. The van der Waals surface area contributed by atoms with E-state index in [-0.39, 0.29) is 43.1 Å². The highest BCUT2D eigenvalue weighted by Crippen LogP contribution is 2.23. The molecule has 0 unspecified atom stereocenters. The average Bonchev–Trinajstić information content (AvgIpc) is 3.09. The van der Waals surface area contributed by atoms with E-state index < -0.39 is 6.04 Å². The Bertz CT molecular complexity index is 1020. The Morgan fingerprint density at radius 3 is 2.15 bits per heavy atom. The number of carbonyl (C=O) groups is 4. The Labute approximate surface area is 199 Å². The van der Waals surface area contributed by atoms with Crippen molar-refractivity contribution in [2.75, 3.05) is 20.2 Å². The molecule has 0 spiro atoms. The standard InChI is InChI=1S/C26H31N3O5/c1-4-22(24(31)27-5-2)29(17-18-12-14-19(34-3)15-13-18)23(30)11-8-16-28-25(32)20-9-6-7-10-21(20)26(28)33/h6-7,9-10,12-15,22H,4-5,8,11,16-17H2,1-3H3,(H,27,31)/t22-/m0/s1. The van der Waals surface area contributed by atoms with E-state index in [2.05, 4.69) is 5.32 Å². The van der Waals surface area contributed by atoms with Gasteiger partial charge in [-0.15, -0.1) is 0 Å². The van der Waals surface area contributed by atoms with Gasteiger partial charge in [0.25, 0.3) is 11.8 Å². The molecule has 2 aromatic carbocycles. The topological polar surface area (TPSA) is 96.0 Å². The number of hydrogen-bond donors (Lipinski definition) is 1. The van der Waals surface area contributed by atoms with E-state index >= 15 is 0 Å². The molecule has 1 heterocycles. The summed E-state index contributed by atoms with van der Waals surface area (Å²) in [5.74, 6) is -0.370. The highest BCUT2D eigenvalue weighted by molar-refractivity contribution is 6.21. The summed E-state index contributed by atoms with van der Waals surface area (Å²) in [7, 11) is 1.58. The molecular weight excluding hydrogens is 434 g/mol. The van der Waals surface area contributed by atoms with Crippen molar-refractivity contribution in [3.8, 4) is 5.75 Å². The highest BCUT2D eigenvalue weighted by atomic mass is 16.5. The molecule has 0 saturated carbocycles. The van der Waals surface area contributed by atoms with Gasteiger partial charge >= 0.3 is 0 Å². The molecule has 0 bridgehead atoms. The summed E-state index contributed by atoms with van der Waals surface area (Å²) in [5, 5.41) is 2.81. The maximum Gasteiger partial charge on any atom is 0.261 e. The molecule has 0 saturated heterocycles. The van der Waals surface area contributed by atoms with Crippen LogP contribution >= 0.6 is 0 Å². The van der Waals surface area contributed by atoms with Crippen LogP contribution in [-0.4, -0.2) is 59.7 Å². The van der Waals surface area contributed by atoms with Crippen molar-refractivity contribution in [3.05, 3.63) is 65.2 Å². The van der Waals surface area contributed by atoms with E-state index in [1.165, 1.54) is 4.90 Å². The van der Waals surface area contributed by atoms with Gasteiger partial charge in [0.1, 0.15) is 11.8 Å². The molecule has 4 amide bonds. The van der Waals surface area contributed by atoms with Crippen LogP contribution in [0.5, 0.6) is 5.75 Å². The lowest BCUT2D eigenvalue weighted by Crippen LogP contribution is -2.49. The number of nitrogens with zero attached hydrogens (tertiary/aromatic N) is 2. The molecule has 34 heavy (non-hydrogen) atoms. The molecule has 2 aromatic rings. The van der Waals surface area contributed by atoms with Crippen LogP contribution in [0.1, 0.15) is 59.4 Å². The van der Waals surface area contributed by atoms with E-state index in [1.807, 2.05) is 38.1 Å². The number of imide groups is 1. The van der Waals surface area contributed by atoms with Gasteiger partial charge in [-0.05, 0) is 49.6 Å². The molecule has 1 aliphatic rings. The molecule has 1 atom stereocenters. The van der Waals surface area contributed by atoms with E-state index in [1.54, 1.807) is 36.3 Å². The second-order valence-electron chi connectivity index (χ2n) is 8.10. The fourth-order valence-corrected chi connectivity index (χ4v) is 4.11. The summed E-state index contributed by atoms with van der Waals surface area (Å²) in [6.07, 6.45) is 0.890. The third-order valence-electron chi connectivity index (χ3n) is 5.90. The number of benzene rings is 2. The van der Waals surface area contributed by atoms with Crippen molar-refractivity contribution >= 4 is 23.6 Å². The van der Waals surface area contributed by atoms with Gasteiger partial charge in [0.15, 0.2) is 0 Å². The Kier molecular flexibility index (Phi) is 8.40. The number of methoxy groups -OCH3 is 1. The monoisotopic (exact) mass is 465 g/mol. The fourth-order valence-electron chi connectivity index (χ4n) is 4.11. The van der Waals surface area contributed by atoms with Crippen molar-refractivity contribution < 1.29 is 23.9 Å². The van der Waals surface area contributed by atoms with Crippen molar-refractivity contribution in [1.82, 2.24) is 15.1 Å². The van der Waals surface area contributed by atoms with Gasteiger partial charge in [0.05, 0.1) is 18.2 Å². The van der Waals surface area contributed by atoms with Crippen LogP contribution in [0.2, 0.25) is 0 Å². The van der Waals surface area contributed by atoms with Crippen LogP contribution < -0.4 is 10.1 Å². The van der Waals surface area contributed by atoms with Crippen LogP contribution in [0.4, 0.5) is 0 Å². The first-order valence-electron chi connectivity index (χ1n) is 11.6. The third kappa shape index (κ3) is 5.44. The van der Waals surface area contributed by atoms with Gasteiger partial charge in [-0.2, -0.15) is 0 Å². The number of ether oxygens (including phenoxy) is 1. The predicted molar refractivity (Wildman–Crippen MR) is 127 cm³/mol. The van der Waals surface area contributed by atoms with Crippen molar-refractivity contribution in [3.63, 3.8) is 0 Å². The molecular formula is C26H31N3O5. The smallest absolute Gasteiger partial charge is 0.261 e. The number of nitrogens with one attached hydrogen (secondary N) is 1. The summed E-state index contributed by atoms with van der Waals surface area (Å²) in [4.78, 5) is 53.9. The van der Waals surface area contributed by atoms with Gasteiger partial charge < -0.3 is 15.0 Å². The summed E-state index contributed by atoms with van der Waals surface area (Å²) < 4.78 is 5.20. The molecule has 8 nitrogen and oxygen atoms in total. The zero-order valence-electron chi connectivity index (χ0n) is 19.9. The quantitative estimate of drug-likeness (QED) is 0.515. The molecule has 0 aromatic heterocycles.